The van der Waals surface area contributed by atoms with Crippen LogP contribution in [0.25, 0.3) is 11.4 Å². The molecule has 0 saturated heterocycles. The first-order valence-corrected chi connectivity index (χ1v) is 9.21. The Bertz CT molecular complexity index is 744. The summed E-state index contributed by atoms with van der Waals surface area (Å²) in [6.07, 6.45) is 0. The van der Waals surface area contributed by atoms with Gasteiger partial charge in [0.1, 0.15) is 5.82 Å². The van der Waals surface area contributed by atoms with Crippen molar-refractivity contribution in [3.8, 4) is 11.4 Å². The Hall–Kier alpha value is -1.45. The normalized spacial score (nSPS) is 11.0. The average Bonchev–Trinajstić information content (AvgIpc) is 3.16. The minimum absolute atomic E-state index is 0.292. The summed E-state index contributed by atoms with van der Waals surface area (Å²) in [4.78, 5) is 4.30. The molecule has 3 aromatic rings. The van der Waals surface area contributed by atoms with Crippen molar-refractivity contribution < 1.29 is 8.91 Å². The number of halogens is 1. The summed E-state index contributed by atoms with van der Waals surface area (Å²) in [5, 5.41) is 12.1. The van der Waals surface area contributed by atoms with Crippen molar-refractivity contribution in [2.24, 2.45) is 0 Å². The molecule has 9 heteroatoms. The molecule has 0 aliphatic heterocycles. The Kier molecular flexibility index (Phi) is 5.06. The lowest BCUT2D eigenvalue weighted by atomic mass is 10.2. The van der Waals surface area contributed by atoms with Gasteiger partial charge < -0.3 is 4.52 Å². The Labute approximate surface area is 138 Å². The molecule has 0 N–H and O–H groups in total. The molecule has 22 heavy (non-hydrogen) atoms. The van der Waals surface area contributed by atoms with Gasteiger partial charge in [-0.2, -0.15) is 4.98 Å². The Morgan fingerprint density at radius 3 is 2.59 bits per heavy atom. The van der Waals surface area contributed by atoms with E-state index in [0.29, 0.717) is 17.5 Å². The van der Waals surface area contributed by atoms with Gasteiger partial charge in [-0.1, -0.05) is 46.9 Å². The van der Waals surface area contributed by atoms with Gasteiger partial charge in [-0.15, -0.1) is 10.2 Å². The summed E-state index contributed by atoms with van der Waals surface area (Å²) in [7, 11) is 0. The van der Waals surface area contributed by atoms with Crippen LogP contribution in [-0.2, 0) is 5.75 Å². The van der Waals surface area contributed by atoms with Gasteiger partial charge in [-0.3, -0.25) is 0 Å². The van der Waals surface area contributed by atoms with Gasteiger partial charge in [0.05, 0.1) is 5.75 Å². The largest absolute Gasteiger partial charge is 0.338 e. The van der Waals surface area contributed by atoms with Crippen molar-refractivity contribution in [1.29, 1.82) is 0 Å². The molecule has 1 aromatic carbocycles. The quantitative estimate of drug-likeness (QED) is 0.617. The lowest BCUT2D eigenvalue weighted by Crippen LogP contribution is -1.83. The highest BCUT2D eigenvalue weighted by atomic mass is 32.2. The number of hydrogen-bond acceptors (Lipinski definition) is 8. The number of hydrogen-bond donors (Lipinski definition) is 0. The Balaban J connectivity index is 1.62. The first-order chi connectivity index (χ1) is 10.7. The van der Waals surface area contributed by atoms with Crippen molar-refractivity contribution >= 4 is 34.9 Å². The molecule has 5 nitrogen and oxygen atoms in total. The van der Waals surface area contributed by atoms with E-state index in [0.717, 1.165) is 20.0 Å². The van der Waals surface area contributed by atoms with Crippen LogP contribution in [0.2, 0.25) is 0 Å². The molecular weight excluding hydrogens is 343 g/mol. The van der Waals surface area contributed by atoms with Crippen LogP contribution in [-0.4, -0.2) is 26.1 Å². The summed E-state index contributed by atoms with van der Waals surface area (Å²) in [5.41, 5.74) is 0.721. The predicted molar refractivity (Wildman–Crippen MR) is 85.6 cm³/mol. The molecule has 2 heterocycles. The Morgan fingerprint density at radius 2 is 1.86 bits per heavy atom. The van der Waals surface area contributed by atoms with Gasteiger partial charge in [0.25, 0.3) is 0 Å². The van der Waals surface area contributed by atoms with Crippen LogP contribution >= 0.6 is 34.9 Å². The zero-order valence-corrected chi connectivity index (χ0v) is 14.0. The van der Waals surface area contributed by atoms with E-state index in [1.807, 2.05) is 0 Å². The van der Waals surface area contributed by atoms with Gasteiger partial charge in [0, 0.05) is 5.56 Å². The van der Waals surface area contributed by atoms with Crippen molar-refractivity contribution in [3.63, 3.8) is 0 Å². The minimum atomic E-state index is -0.292. The van der Waals surface area contributed by atoms with E-state index in [1.165, 1.54) is 23.9 Å². The molecular formula is C13H11FN4OS3. The van der Waals surface area contributed by atoms with Crippen LogP contribution in [0.1, 0.15) is 12.8 Å². The smallest absolute Gasteiger partial charge is 0.237 e. The third-order valence-electron chi connectivity index (χ3n) is 2.55. The van der Waals surface area contributed by atoms with Crippen molar-refractivity contribution in [3.05, 3.63) is 36.0 Å². The van der Waals surface area contributed by atoms with E-state index in [2.05, 4.69) is 27.3 Å². The molecule has 0 bridgehead atoms. The monoisotopic (exact) mass is 354 g/mol. The molecule has 0 saturated carbocycles. The fourth-order valence-electron chi connectivity index (χ4n) is 1.59. The maximum Gasteiger partial charge on any atom is 0.237 e. The van der Waals surface area contributed by atoms with Crippen LogP contribution in [0, 0.1) is 5.82 Å². The molecule has 0 aliphatic carbocycles. The lowest BCUT2D eigenvalue weighted by molar-refractivity contribution is 0.391. The topological polar surface area (TPSA) is 64.7 Å². The van der Waals surface area contributed by atoms with Gasteiger partial charge in [0.2, 0.25) is 11.7 Å². The highest BCUT2D eigenvalue weighted by Crippen LogP contribution is 2.30. The summed E-state index contributed by atoms with van der Waals surface area (Å²) in [6.45, 7) is 2.08. The molecule has 0 amide bonds. The summed E-state index contributed by atoms with van der Waals surface area (Å²) < 4.78 is 19.9. The number of aromatic nitrogens is 4. The molecule has 114 valence electrons. The molecule has 0 aliphatic rings. The molecule has 0 fully saturated rings. The van der Waals surface area contributed by atoms with E-state index in [4.69, 9.17) is 4.52 Å². The number of thioether (sulfide) groups is 2. The number of rotatable bonds is 6. The van der Waals surface area contributed by atoms with Gasteiger partial charge in [-0.25, -0.2) is 4.39 Å². The second kappa shape index (κ2) is 7.21. The summed E-state index contributed by atoms with van der Waals surface area (Å²) in [6, 6.07) is 5.98. The van der Waals surface area contributed by atoms with Crippen LogP contribution in [0.3, 0.4) is 0 Å². The fraction of sp³-hybridized carbons (Fsp3) is 0.231. The molecule has 0 spiro atoms. The Morgan fingerprint density at radius 1 is 1.14 bits per heavy atom. The van der Waals surface area contributed by atoms with E-state index >= 15 is 0 Å². The van der Waals surface area contributed by atoms with Gasteiger partial charge in [-0.05, 0) is 30.0 Å². The van der Waals surface area contributed by atoms with Crippen LogP contribution < -0.4 is 0 Å². The maximum atomic E-state index is 12.9. The fourth-order valence-corrected chi connectivity index (χ4v) is 4.35. The number of benzene rings is 1. The maximum absolute atomic E-state index is 12.9. The first-order valence-electron chi connectivity index (χ1n) is 6.42. The summed E-state index contributed by atoms with van der Waals surface area (Å²) in [5.74, 6) is 2.17. The molecule has 0 atom stereocenters. The molecule has 0 radical (unpaired) electrons. The van der Waals surface area contributed by atoms with E-state index in [1.54, 1.807) is 35.2 Å². The highest BCUT2D eigenvalue weighted by Gasteiger charge is 2.11. The van der Waals surface area contributed by atoms with E-state index < -0.39 is 0 Å². The average molecular weight is 354 g/mol. The molecule has 2 aromatic heterocycles. The summed E-state index contributed by atoms with van der Waals surface area (Å²) >= 11 is 4.73. The van der Waals surface area contributed by atoms with E-state index in [-0.39, 0.29) is 5.82 Å². The van der Waals surface area contributed by atoms with Crippen LogP contribution in [0.15, 0.2) is 37.5 Å². The SMILES string of the molecule is CCSc1nnc(SCc2nc(-c3ccc(F)cc3)no2)s1. The highest BCUT2D eigenvalue weighted by molar-refractivity contribution is 8.02. The molecule has 0 unspecified atom stereocenters. The minimum Gasteiger partial charge on any atom is -0.338 e. The molecule has 3 rings (SSSR count). The van der Waals surface area contributed by atoms with Crippen molar-refractivity contribution in [2.45, 2.75) is 21.4 Å². The third-order valence-corrected chi connectivity index (χ3v) is 5.60. The van der Waals surface area contributed by atoms with Gasteiger partial charge in [0.15, 0.2) is 8.68 Å². The zero-order chi connectivity index (χ0) is 15.4. The lowest BCUT2D eigenvalue weighted by Gasteiger charge is -1.92. The third kappa shape index (κ3) is 3.84. The zero-order valence-electron chi connectivity index (χ0n) is 11.5. The van der Waals surface area contributed by atoms with Crippen LogP contribution in [0.4, 0.5) is 4.39 Å². The van der Waals surface area contributed by atoms with Crippen molar-refractivity contribution in [1.82, 2.24) is 20.3 Å². The standard InChI is InChI=1S/C13H11FN4OS3/c1-2-20-12-16-17-13(22-12)21-7-10-15-11(18-19-10)8-3-5-9(14)6-4-8/h3-6H,2,7H2,1H3. The second-order valence-electron chi connectivity index (χ2n) is 4.07. The van der Waals surface area contributed by atoms with Crippen LogP contribution in [0.5, 0.6) is 0 Å². The second-order valence-corrected chi connectivity index (χ2v) is 7.79. The van der Waals surface area contributed by atoms with Gasteiger partial charge >= 0.3 is 0 Å². The predicted octanol–water partition coefficient (Wildman–Crippen LogP) is 4.13. The number of nitrogens with zero attached hydrogens (tertiary/aromatic N) is 4. The first kappa shape index (κ1) is 15.4. The van der Waals surface area contributed by atoms with E-state index in [9.17, 15) is 4.39 Å². The van der Waals surface area contributed by atoms with Crippen molar-refractivity contribution in [2.75, 3.05) is 5.75 Å².